The van der Waals surface area contributed by atoms with Crippen LogP contribution in [0.5, 0.6) is 0 Å². The van der Waals surface area contributed by atoms with Gasteiger partial charge >= 0.3 is 0 Å². The molecule has 110 valence electrons. The van der Waals surface area contributed by atoms with E-state index in [1.807, 2.05) is 0 Å². The fourth-order valence-electron chi connectivity index (χ4n) is 3.88. The van der Waals surface area contributed by atoms with E-state index in [2.05, 4.69) is 84.2 Å². The lowest BCUT2D eigenvalue weighted by molar-refractivity contribution is 0.835. The van der Waals surface area contributed by atoms with Crippen LogP contribution in [0.1, 0.15) is 17.2 Å². The van der Waals surface area contributed by atoms with Gasteiger partial charge in [0.2, 0.25) is 0 Å². The van der Waals surface area contributed by atoms with E-state index < -0.39 is 0 Å². The molecule has 1 heterocycles. The van der Waals surface area contributed by atoms with Gasteiger partial charge in [-0.2, -0.15) is 0 Å². The van der Waals surface area contributed by atoms with E-state index in [9.17, 15) is 0 Å². The molecule has 0 spiro atoms. The van der Waals surface area contributed by atoms with E-state index in [1.165, 1.54) is 38.4 Å². The van der Waals surface area contributed by atoms with Crippen molar-refractivity contribution in [3.63, 3.8) is 0 Å². The summed E-state index contributed by atoms with van der Waals surface area (Å²) in [6.45, 7) is 0. The minimum atomic E-state index is 0.349. The minimum absolute atomic E-state index is 0.349. The van der Waals surface area contributed by atoms with Gasteiger partial charge in [0.15, 0.2) is 0 Å². The van der Waals surface area contributed by atoms with Gasteiger partial charge in [0.1, 0.15) is 0 Å². The van der Waals surface area contributed by atoms with Gasteiger partial charge < -0.3 is 5.32 Å². The van der Waals surface area contributed by atoms with Gasteiger partial charge in [0.05, 0.1) is 6.04 Å². The maximum atomic E-state index is 3.74. The summed E-state index contributed by atoms with van der Waals surface area (Å²) in [6.07, 6.45) is 1.05. The van der Waals surface area contributed by atoms with Gasteiger partial charge in [-0.1, -0.05) is 72.8 Å². The largest absolute Gasteiger partial charge is 0.378 e. The van der Waals surface area contributed by atoms with Crippen LogP contribution in [0.3, 0.4) is 0 Å². The molecule has 0 saturated carbocycles. The van der Waals surface area contributed by atoms with E-state index >= 15 is 0 Å². The summed E-state index contributed by atoms with van der Waals surface area (Å²) in [5.74, 6) is 0. The Kier molecular flexibility index (Phi) is 2.68. The van der Waals surface area contributed by atoms with Crippen molar-refractivity contribution < 1.29 is 0 Å². The number of fused-ring (bicyclic) bond motifs is 4. The molecule has 0 aliphatic carbocycles. The van der Waals surface area contributed by atoms with E-state index in [-0.39, 0.29) is 0 Å². The number of nitrogens with one attached hydrogen (secondary N) is 1. The predicted molar refractivity (Wildman–Crippen MR) is 98.0 cm³/mol. The average Bonchev–Trinajstić information content (AvgIpc) is 3.06. The molecule has 23 heavy (non-hydrogen) atoms. The Morgan fingerprint density at radius 1 is 0.652 bits per heavy atom. The lowest BCUT2D eigenvalue weighted by Gasteiger charge is -2.14. The first kappa shape index (κ1) is 12.7. The number of hydrogen-bond acceptors (Lipinski definition) is 1. The first-order valence-corrected chi connectivity index (χ1v) is 8.15. The van der Waals surface area contributed by atoms with Crippen molar-refractivity contribution in [1.29, 1.82) is 0 Å². The van der Waals surface area contributed by atoms with Crippen molar-refractivity contribution in [2.75, 3.05) is 5.32 Å². The van der Waals surface area contributed by atoms with E-state index in [4.69, 9.17) is 0 Å². The third-order valence-electron chi connectivity index (χ3n) is 4.98. The third-order valence-corrected chi connectivity index (χ3v) is 4.98. The second-order valence-corrected chi connectivity index (χ2v) is 6.28. The zero-order valence-corrected chi connectivity index (χ0v) is 12.8. The predicted octanol–water partition coefficient (Wildman–Crippen LogP) is 5.70. The van der Waals surface area contributed by atoms with E-state index in [0.717, 1.165) is 6.42 Å². The van der Waals surface area contributed by atoms with E-state index in [0.29, 0.717) is 6.04 Å². The number of benzene rings is 4. The maximum absolute atomic E-state index is 3.74. The molecular weight excluding hydrogens is 278 g/mol. The Bertz CT molecular complexity index is 1030. The van der Waals surface area contributed by atoms with Crippen LogP contribution in [0.25, 0.3) is 21.5 Å². The summed E-state index contributed by atoms with van der Waals surface area (Å²) in [6, 6.07) is 28.7. The van der Waals surface area contributed by atoms with Crippen LogP contribution in [0.15, 0.2) is 78.9 Å². The Hall–Kier alpha value is -2.80. The molecule has 0 radical (unpaired) electrons. The smallest absolute Gasteiger partial charge is 0.0561 e. The van der Waals surface area contributed by atoms with Crippen molar-refractivity contribution in [3.8, 4) is 0 Å². The van der Waals surface area contributed by atoms with Crippen molar-refractivity contribution in [3.05, 3.63) is 90.0 Å². The molecule has 5 rings (SSSR count). The first-order valence-electron chi connectivity index (χ1n) is 8.15. The zero-order valence-electron chi connectivity index (χ0n) is 12.8. The van der Waals surface area contributed by atoms with Crippen molar-refractivity contribution in [2.45, 2.75) is 12.5 Å². The van der Waals surface area contributed by atoms with Crippen LogP contribution in [-0.2, 0) is 6.42 Å². The van der Waals surface area contributed by atoms with Gasteiger partial charge in [0, 0.05) is 5.69 Å². The summed E-state index contributed by atoms with van der Waals surface area (Å²) < 4.78 is 0. The quantitative estimate of drug-likeness (QED) is 0.475. The Balaban J connectivity index is 1.65. The number of hydrogen-bond donors (Lipinski definition) is 1. The number of rotatable bonds is 1. The summed E-state index contributed by atoms with van der Waals surface area (Å²) in [5, 5.41) is 9.10. The molecule has 0 aromatic heterocycles. The third kappa shape index (κ3) is 1.93. The highest BCUT2D eigenvalue weighted by Crippen LogP contribution is 2.40. The molecule has 1 aliphatic rings. The van der Waals surface area contributed by atoms with Gasteiger partial charge in [0.25, 0.3) is 0 Å². The standard InChI is InChI=1S/C22H17N/c1-3-9-17-15(6-1)8-5-11-19(17)22-14-20-18-10-4-2-7-16(18)12-13-21(20)23-22/h1-13,22-23H,14H2. The molecule has 0 bridgehead atoms. The minimum Gasteiger partial charge on any atom is -0.378 e. The molecule has 1 heteroatoms. The van der Waals surface area contributed by atoms with Gasteiger partial charge in [-0.25, -0.2) is 0 Å². The second kappa shape index (κ2) is 4.85. The van der Waals surface area contributed by atoms with Crippen LogP contribution < -0.4 is 5.32 Å². The Morgan fingerprint density at radius 3 is 2.22 bits per heavy atom. The molecule has 0 amide bonds. The Labute approximate surface area is 135 Å². The highest BCUT2D eigenvalue weighted by atomic mass is 14.9. The van der Waals surface area contributed by atoms with Gasteiger partial charge in [-0.3, -0.25) is 0 Å². The molecule has 0 saturated heterocycles. The molecule has 1 unspecified atom stereocenters. The molecule has 1 N–H and O–H groups in total. The Morgan fingerprint density at radius 2 is 1.35 bits per heavy atom. The number of anilines is 1. The van der Waals surface area contributed by atoms with Crippen molar-refractivity contribution in [1.82, 2.24) is 0 Å². The van der Waals surface area contributed by atoms with Crippen LogP contribution in [0.4, 0.5) is 5.69 Å². The van der Waals surface area contributed by atoms with Crippen LogP contribution in [0.2, 0.25) is 0 Å². The summed E-state index contributed by atoms with van der Waals surface area (Å²) in [5.41, 5.74) is 4.12. The van der Waals surface area contributed by atoms with Crippen LogP contribution >= 0.6 is 0 Å². The normalized spacial score (nSPS) is 16.4. The summed E-state index contributed by atoms with van der Waals surface area (Å²) in [7, 11) is 0. The van der Waals surface area contributed by atoms with Gasteiger partial charge in [-0.05, 0) is 45.2 Å². The fraction of sp³-hybridized carbons (Fsp3) is 0.0909. The van der Waals surface area contributed by atoms with Crippen molar-refractivity contribution >= 4 is 27.2 Å². The summed E-state index contributed by atoms with van der Waals surface area (Å²) >= 11 is 0. The summed E-state index contributed by atoms with van der Waals surface area (Å²) in [4.78, 5) is 0. The second-order valence-electron chi connectivity index (χ2n) is 6.28. The molecule has 4 aromatic carbocycles. The highest BCUT2D eigenvalue weighted by molar-refractivity contribution is 5.92. The maximum Gasteiger partial charge on any atom is 0.0561 e. The average molecular weight is 295 g/mol. The topological polar surface area (TPSA) is 12.0 Å². The highest BCUT2D eigenvalue weighted by Gasteiger charge is 2.24. The van der Waals surface area contributed by atoms with Crippen LogP contribution in [-0.4, -0.2) is 0 Å². The van der Waals surface area contributed by atoms with E-state index in [1.54, 1.807) is 0 Å². The molecule has 1 aliphatic heterocycles. The molecule has 1 atom stereocenters. The fourth-order valence-corrected chi connectivity index (χ4v) is 3.88. The van der Waals surface area contributed by atoms with Gasteiger partial charge in [-0.15, -0.1) is 0 Å². The zero-order chi connectivity index (χ0) is 15.2. The van der Waals surface area contributed by atoms with Crippen molar-refractivity contribution in [2.24, 2.45) is 0 Å². The monoisotopic (exact) mass is 295 g/mol. The van der Waals surface area contributed by atoms with Crippen LogP contribution in [0, 0.1) is 0 Å². The molecular formula is C22H17N. The lowest BCUT2D eigenvalue weighted by Crippen LogP contribution is -2.06. The molecule has 0 fully saturated rings. The molecule has 1 nitrogen and oxygen atoms in total. The lowest BCUT2D eigenvalue weighted by atomic mass is 9.95. The molecule has 4 aromatic rings. The SMILES string of the molecule is c1ccc2c(C3Cc4c(ccc5ccccc45)N3)cccc2c1. The first-order chi connectivity index (χ1) is 11.4.